The highest BCUT2D eigenvalue weighted by molar-refractivity contribution is 5.99. The van der Waals surface area contributed by atoms with Gasteiger partial charge in [0.05, 0.1) is 6.20 Å². The third kappa shape index (κ3) is 4.07. The van der Waals surface area contributed by atoms with Crippen molar-refractivity contribution in [2.45, 2.75) is 33.1 Å². The van der Waals surface area contributed by atoms with Crippen molar-refractivity contribution in [2.24, 2.45) is 0 Å². The van der Waals surface area contributed by atoms with Crippen molar-refractivity contribution < 1.29 is 14.1 Å². The second-order valence-corrected chi connectivity index (χ2v) is 7.80. The fraction of sp³-hybridized carbons (Fsp3) is 0.250. The zero-order valence-electron chi connectivity index (χ0n) is 17.0. The standard InChI is InChI=1S/C20H21N7O3/c1-11-7-12(24-19(28)25-16-8-15(30-27-16)20(2,3)4)5-6-14(11)29-18-13-9-23-26-17(13)21-10-22-18/h5-10H,1-4H3,(H,21,22,23,26)(H2,24,25,27,28). The van der Waals surface area contributed by atoms with Gasteiger partial charge < -0.3 is 14.6 Å². The van der Waals surface area contributed by atoms with Gasteiger partial charge in [-0.25, -0.2) is 14.8 Å². The summed E-state index contributed by atoms with van der Waals surface area (Å²) in [6, 6.07) is 6.57. The number of benzene rings is 1. The van der Waals surface area contributed by atoms with Crippen LogP contribution in [0.15, 0.2) is 41.3 Å². The summed E-state index contributed by atoms with van der Waals surface area (Å²) in [7, 11) is 0. The second kappa shape index (κ2) is 7.47. The van der Waals surface area contributed by atoms with Crippen LogP contribution in [0, 0.1) is 6.92 Å². The number of aromatic amines is 1. The molecular formula is C20H21N7O3. The van der Waals surface area contributed by atoms with Gasteiger partial charge in [-0.2, -0.15) is 5.10 Å². The SMILES string of the molecule is Cc1cc(NC(=O)Nc2cc(C(C)(C)C)on2)ccc1Oc1ncnc2[nH]ncc12. The van der Waals surface area contributed by atoms with Crippen LogP contribution in [0.3, 0.4) is 0 Å². The Morgan fingerprint density at radius 2 is 2.00 bits per heavy atom. The van der Waals surface area contributed by atoms with Crippen molar-refractivity contribution in [2.75, 3.05) is 10.6 Å². The molecule has 4 rings (SSSR count). The molecule has 0 aliphatic carbocycles. The molecule has 10 nitrogen and oxygen atoms in total. The van der Waals surface area contributed by atoms with Gasteiger partial charge in [0.25, 0.3) is 0 Å². The van der Waals surface area contributed by atoms with Crippen LogP contribution in [0.4, 0.5) is 16.3 Å². The molecule has 0 unspecified atom stereocenters. The first-order valence-electron chi connectivity index (χ1n) is 9.27. The molecule has 4 aromatic rings. The zero-order chi connectivity index (χ0) is 21.3. The smallest absolute Gasteiger partial charge is 0.324 e. The first kappa shape index (κ1) is 19.4. The second-order valence-electron chi connectivity index (χ2n) is 7.80. The van der Waals surface area contributed by atoms with Gasteiger partial charge in [0.2, 0.25) is 5.88 Å². The van der Waals surface area contributed by atoms with Gasteiger partial charge in [-0.05, 0) is 30.7 Å². The molecule has 30 heavy (non-hydrogen) atoms. The Hall–Kier alpha value is -3.95. The van der Waals surface area contributed by atoms with E-state index in [1.54, 1.807) is 30.5 Å². The Morgan fingerprint density at radius 3 is 2.73 bits per heavy atom. The lowest BCUT2D eigenvalue weighted by Crippen LogP contribution is -2.19. The highest BCUT2D eigenvalue weighted by Gasteiger charge is 2.20. The molecule has 3 N–H and O–H groups in total. The van der Waals surface area contributed by atoms with E-state index in [4.69, 9.17) is 9.26 Å². The van der Waals surface area contributed by atoms with Gasteiger partial charge in [-0.3, -0.25) is 10.4 Å². The number of nitrogens with zero attached hydrogens (tertiary/aromatic N) is 4. The number of hydrogen-bond acceptors (Lipinski definition) is 7. The van der Waals surface area contributed by atoms with Crippen molar-refractivity contribution in [3.63, 3.8) is 0 Å². The molecule has 0 atom stereocenters. The van der Waals surface area contributed by atoms with Crippen molar-refractivity contribution >= 4 is 28.6 Å². The summed E-state index contributed by atoms with van der Waals surface area (Å²) in [5.74, 6) is 2.04. The Bertz CT molecular complexity index is 1210. The number of carbonyl (C=O) groups excluding carboxylic acids is 1. The molecule has 0 radical (unpaired) electrons. The van der Waals surface area contributed by atoms with E-state index < -0.39 is 6.03 Å². The normalized spacial score (nSPS) is 11.5. The molecular weight excluding hydrogens is 386 g/mol. The number of carbonyl (C=O) groups is 1. The van der Waals surface area contributed by atoms with Gasteiger partial charge in [0.1, 0.15) is 23.2 Å². The number of urea groups is 1. The minimum Gasteiger partial charge on any atom is -0.438 e. The lowest BCUT2D eigenvalue weighted by Gasteiger charge is -2.12. The quantitative estimate of drug-likeness (QED) is 0.457. The summed E-state index contributed by atoms with van der Waals surface area (Å²) in [6.07, 6.45) is 3.01. The van der Waals surface area contributed by atoms with Crippen LogP contribution < -0.4 is 15.4 Å². The number of H-pyrrole nitrogens is 1. The number of fused-ring (bicyclic) bond motifs is 1. The highest BCUT2D eigenvalue weighted by Crippen LogP contribution is 2.29. The molecule has 0 saturated heterocycles. The molecule has 0 spiro atoms. The molecule has 154 valence electrons. The van der Waals surface area contributed by atoms with E-state index in [2.05, 4.69) is 36.0 Å². The minimum atomic E-state index is -0.423. The van der Waals surface area contributed by atoms with Crippen LogP contribution in [0.2, 0.25) is 0 Å². The van der Waals surface area contributed by atoms with Crippen LogP contribution in [0.25, 0.3) is 11.0 Å². The first-order chi connectivity index (χ1) is 14.3. The molecule has 1 aromatic carbocycles. The van der Waals surface area contributed by atoms with Crippen LogP contribution in [0.1, 0.15) is 32.1 Å². The minimum absolute atomic E-state index is 0.192. The fourth-order valence-corrected chi connectivity index (χ4v) is 2.74. The lowest BCUT2D eigenvalue weighted by atomic mass is 9.93. The monoisotopic (exact) mass is 407 g/mol. The largest absolute Gasteiger partial charge is 0.438 e. The lowest BCUT2D eigenvalue weighted by molar-refractivity contribution is 0.262. The van der Waals surface area contributed by atoms with Crippen molar-refractivity contribution in [3.05, 3.63) is 48.1 Å². The maximum absolute atomic E-state index is 12.3. The van der Waals surface area contributed by atoms with Crippen LogP contribution in [-0.2, 0) is 5.41 Å². The van der Waals surface area contributed by atoms with E-state index in [0.717, 1.165) is 5.56 Å². The molecule has 3 aromatic heterocycles. The van der Waals surface area contributed by atoms with Gasteiger partial charge in [0, 0.05) is 17.2 Å². The van der Waals surface area contributed by atoms with Gasteiger partial charge in [0.15, 0.2) is 11.5 Å². The van der Waals surface area contributed by atoms with E-state index in [9.17, 15) is 4.79 Å². The van der Waals surface area contributed by atoms with E-state index in [-0.39, 0.29) is 5.41 Å². The van der Waals surface area contributed by atoms with Crippen molar-refractivity contribution in [3.8, 4) is 11.6 Å². The molecule has 0 aliphatic rings. The predicted octanol–water partition coefficient (Wildman–Crippen LogP) is 4.38. The number of amides is 2. The van der Waals surface area contributed by atoms with E-state index in [0.29, 0.717) is 39.9 Å². The Kier molecular flexibility index (Phi) is 4.82. The van der Waals surface area contributed by atoms with Crippen LogP contribution >= 0.6 is 0 Å². The summed E-state index contributed by atoms with van der Waals surface area (Å²) in [5, 5.41) is 16.7. The van der Waals surface area contributed by atoms with E-state index >= 15 is 0 Å². The summed E-state index contributed by atoms with van der Waals surface area (Å²) in [6.45, 7) is 7.88. The van der Waals surface area contributed by atoms with Crippen molar-refractivity contribution in [1.82, 2.24) is 25.3 Å². The molecule has 0 fully saturated rings. The van der Waals surface area contributed by atoms with Crippen molar-refractivity contribution in [1.29, 1.82) is 0 Å². The fourth-order valence-electron chi connectivity index (χ4n) is 2.74. The third-order valence-corrected chi connectivity index (χ3v) is 4.34. The molecule has 3 heterocycles. The molecule has 10 heteroatoms. The van der Waals surface area contributed by atoms with Crippen LogP contribution in [0.5, 0.6) is 11.6 Å². The number of anilines is 2. The molecule has 0 saturated carbocycles. The Balaban J connectivity index is 1.43. The third-order valence-electron chi connectivity index (χ3n) is 4.34. The van der Waals surface area contributed by atoms with Gasteiger partial charge in [-0.15, -0.1) is 0 Å². The zero-order valence-corrected chi connectivity index (χ0v) is 17.0. The van der Waals surface area contributed by atoms with Crippen LogP contribution in [-0.4, -0.2) is 31.4 Å². The predicted molar refractivity (Wildman–Crippen MR) is 111 cm³/mol. The first-order valence-corrected chi connectivity index (χ1v) is 9.27. The number of ether oxygens (including phenoxy) is 1. The van der Waals surface area contributed by atoms with E-state index in [1.165, 1.54) is 6.33 Å². The number of aromatic nitrogens is 5. The summed E-state index contributed by atoms with van der Waals surface area (Å²) in [5.41, 5.74) is 1.82. The number of hydrogen-bond donors (Lipinski definition) is 3. The maximum Gasteiger partial charge on any atom is 0.324 e. The molecule has 2 amide bonds. The number of aryl methyl sites for hydroxylation is 1. The average molecular weight is 407 g/mol. The molecule has 0 bridgehead atoms. The average Bonchev–Trinajstić information content (AvgIpc) is 3.33. The highest BCUT2D eigenvalue weighted by atomic mass is 16.5. The Labute approximate surface area is 172 Å². The summed E-state index contributed by atoms with van der Waals surface area (Å²) >= 11 is 0. The number of rotatable bonds is 4. The summed E-state index contributed by atoms with van der Waals surface area (Å²) in [4.78, 5) is 20.5. The topological polar surface area (TPSA) is 131 Å². The van der Waals surface area contributed by atoms with Gasteiger partial charge in [-0.1, -0.05) is 25.9 Å². The molecule has 0 aliphatic heterocycles. The Morgan fingerprint density at radius 1 is 1.17 bits per heavy atom. The number of nitrogens with one attached hydrogen (secondary N) is 3. The van der Waals surface area contributed by atoms with E-state index in [1.807, 2.05) is 27.7 Å². The van der Waals surface area contributed by atoms with Gasteiger partial charge >= 0.3 is 6.03 Å². The maximum atomic E-state index is 12.3. The summed E-state index contributed by atoms with van der Waals surface area (Å²) < 4.78 is 11.2.